The monoisotopic (exact) mass is 257 g/mol. The van der Waals surface area contributed by atoms with Gasteiger partial charge in [0.2, 0.25) is 5.96 Å². The lowest BCUT2D eigenvalue weighted by Gasteiger charge is -2.08. The van der Waals surface area contributed by atoms with Crippen LogP contribution in [0.15, 0.2) is 47.7 Å². The Balaban J connectivity index is 2.27. The van der Waals surface area contributed by atoms with Gasteiger partial charge in [-0.1, -0.05) is 6.07 Å². The third kappa shape index (κ3) is 3.12. The molecule has 0 saturated heterocycles. The average Bonchev–Trinajstić information content (AvgIpc) is 2.87. The molecule has 1 heterocycles. The number of nitrogens with zero attached hydrogens (tertiary/aromatic N) is 2. The van der Waals surface area contributed by atoms with E-state index < -0.39 is 0 Å². The summed E-state index contributed by atoms with van der Waals surface area (Å²) < 4.78 is 7.15. The summed E-state index contributed by atoms with van der Waals surface area (Å²) in [6, 6.07) is 11.5. The zero-order valence-electron chi connectivity index (χ0n) is 10.5. The van der Waals surface area contributed by atoms with Gasteiger partial charge in [0.25, 0.3) is 0 Å². The van der Waals surface area contributed by atoms with Crippen molar-refractivity contribution < 1.29 is 4.74 Å². The topological polar surface area (TPSA) is 88.4 Å². The van der Waals surface area contributed by atoms with Gasteiger partial charge < -0.3 is 15.0 Å². The Morgan fingerprint density at radius 3 is 3.00 bits per heavy atom. The fourth-order valence-corrected chi connectivity index (χ4v) is 1.66. The van der Waals surface area contributed by atoms with E-state index in [0.717, 1.165) is 17.1 Å². The number of hydrogen-bond acceptors (Lipinski definition) is 3. The van der Waals surface area contributed by atoms with Gasteiger partial charge in [-0.25, -0.2) is 5.43 Å². The Morgan fingerprint density at radius 2 is 2.26 bits per heavy atom. The smallest absolute Gasteiger partial charge is 0.206 e. The molecule has 2 rings (SSSR count). The Morgan fingerprint density at radius 1 is 1.42 bits per heavy atom. The molecule has 0 amide bonds. The van der Waals surface area contributed by atoms with Crippen molar-refractivity contribution in [2.45, 2.75) is 0 Å². The fraction of sp³-hybridized carbons (Fsp3) is 0.0769. The largest absolute Gasteiger partial charge is 0.497 e. The van der Waals surface area contributed by atoms with Gasteiger partial charge in [-0.15, -0.1) is 0 Å². The summed E-state index contributed by atoms with van der Waals surface area (Å²) in [5.74, 6) is 0.590. The first kappa shape index (κ1) is 12.7. The minimum atomic E-state index is -0.198. The van der Waals surface area contributed by atoms with E-state index in [9.17, 15) is 0 Å². The molecule has 0 aliphatic carbocycles. The van der Waals surface area contributed by atoms with Crippen LogP contribution in [0.2, 0.25) is 0 Å². The number of nitrogens with one attached hydrogen (secondary N) is 2. The molecule has 0 fully saturated rings. The molecule has 0 saturated carbocycles. The van der Waals surface area contributed by atoms with E-state index in [1.54, 1.807) is 13.3 Å². The first-order chi connectivity index (χ1) is 9.20. The summed E-state index contributed by atoms with van der Waals surface area (Å²) >= 11 is 0. The number of guanidine groups is 1. The summed E-state index contributed by atoms with van der Waals surface area (Å²) in [4.78, 5) is 0. The predicted octanol–water partition coefficient (Wildman–Crippen LogP) is 1.30. The maximum atomic E-state index is 7.02. The molecule has 0 atom stereocenters. The Kier molecular flexibility index (Phi) is 3.82. The lowest BCUT2D eigenvalue weighted by Crippen LogP contribution is -2.25. The third-order valence-electron chi connectivity index (χ3n) is 2.49. The number of hydrazone groups is 1. The highest BCUT2D eigenvalue weighted by molar-refractivity contribution is 5.81. The molecule has 6 heteroatoms. The molecule has 98 valence electrons. The van der Waals surface area contributed by atoms with Gasteiger partial charge >= 0.3 is 0 Å². The fourth-order valence-electron chi connectivity index (χ4n) is 1.66. The number of hydrogen-bond donors (Lipinski definition) is 3. The van der Waals surface area contributed by atoms with Crippen LogP contribution in [0.3, 0.4) is 0 Å². The van der Waals surface area contributed by atoms with Gasteiger partial charge in [0.05, 0.1) is 19.0 Å². The second-order valence-corrected chi connectivity index (χ2v) is 3.79. The zero-order valence-corrected chi connectivity index (χ0v) is 10.5. The van der Waals surface area contributed by atoms with E-state index in [2.05, 4.69) is 10.5 Å². The minimum absolute atomic E-state index is 0.198. The van der Waals surface area contributed by atoms with Gasteiger partial charge in [0, 0.05) is 18.0 Å². The molecule has 0 bridgehead atoms. The lowest BCUT2D eigenvalue weighted by atomic mass is 10.3. The number of aromatic nitrogens is 1. The molecule has 19 heavy (non-hydrogen) atoms. The zero-order chi connectivity index (χ0) is 13.7. The molecule has 6 nitrogen and oxygen atoms in total. The van der Waals surface area contributed by atoms with Crippen molar-refractivity contribution in [3.63, 3.8) is 0 Å². The van der Waals surface area contributed by atoms with Crippen molar-refractivity contribution in [1.82, 2.24) is 9.99 Å². The highest BCUT2D eigenvalue weighted by Gasteiger charge is 2.02. The molecule has 4 N–H and O–H groups in total. The Bertz CT molecular complexity index is 603. The minimum Gasteiger partial charge on any atom is -0.497 e. The van der Waals surface area contributed by atoms with Crippen LogP contribution in [-0.2, 0) is 0 Å². The molecule has 0 aliphatic rings. The lowest BCUT2D eigenvalue weighted by molar-refractivity contribution is 0.414. The predicted molar refractivity (Wildman–Crippen MR) is 75.0 cm³/mol. The van der Waals surface area contributed by atoms with Crippen LogP contribution in [0.1, 0.15) is 5.69 Å². The number of nitrogens with two attached hydrogens (primary N) is 1. The summed E-state index contributed by atoms with van der Waals surface area (Å²) in [6.07, 6.45) is 3.52. The first-order valence-electron chi connectivity index (χ1n) is 5.65. The second-order valence-electron chi connectivity index (χ2n) is 3.79. The van der Waals surface area contributed by atoms with Crippen LogP contribution in [0.4, 0.5) is 0 Å². The average molecular weight is 257 g/mol. The van der Waals surface area contributed by atoms with E-state index in [1.807, 2.05) is 47.2 Å². The van der Waals surface area contributed by atoms with Crippen LogP contribution in [-0.4, -0.2) is 23.9 Å². The third-order valence-corrected chi connectivity index (χ3v) is 2.49. The van der Waals surface area contributed by atoms with Gasteiger partial charge in [0.1, 0.15) is 5.75 Å². The maximum absolute atomic E-state index is 7.02. The van der Waals surface area contributed by atoms with E-state index >= 15 is 0 Å². The molecule has 2 aromatic rings. The van der Waals surface area contributed by atoms with Crippen LogP contribution in [0.5, 0.6) is 5.75 Å². The molecule has 0 spiro atoms. The van der Waals surface area contributed by atoms with E-state index in [1.165, 1.54) is 0 Å². The highest BCUT2D eigenvalue weighted by Crippen LogP contribution is 2.17. The van der Waals surface area contributed by atoms with E-state index in [0.29, 0.717) is 0 Å². The van der Waals surface area contributed by atoms with Crippen molar-refractivity contribution in [2.24, 2.45) is 10.8 Å². The Labute approximate surface area is 111 Å². The normalized spacial score (nSPS) is 10.6. The van der Waals surface area contributed by atoms with Crippen molar-refractivity contribution in [3.05, 3.63) is 48.3 Å². The quantitative estimate of drug-likeness (QED) is 0.438. The van der Waals surface area contributed by atoms with Crippen LogP contribution >= 0.6 is 0 Å². The number of benzene rings is 1. The van der Waals surface area contributed by atoms with Crippen LogP contribution in [0.25, 0.3) is 5.69 Å². The van der Waals surface area contributed by atoms with Crippen molar-refractivity contribution in [3.8, 4) is 11.4 Å². The van der Waals surface area contributed by atoms with Gasteiger partial charge in [0.15, 0.2) is 0 Å². The number of methoxy groups -OCH3 is 1. The molecular formula is C13H15N5O. The standard InChI is InChI=1S/C13H15N5O/c1-19-12-6-2-4-10(8-12)18-7-3-5-11(18)9-16-17-13(14)15/h2-9H,1H3,(H4,14,15,17)/b16-9+. The van der Waals surface area contributed by atoms with E-state index in [4.69, 9.17) is 15.9 Å². The number of rotatable bonds is 4. The summed E-state index contributed by atoms with van der Waals surface area (Å²) in [6.45, 7) is 0. The van der Waals surface area contributed by atoms with Crippen molar-refractivity contribution >= 4 is 12.2 Å². The SMILES string of the molecule is COc1cccc(-n2cccc2/C=N/NC(=N)N)c1. The van der Waals surface area contributed by atoms with Gasteiger partial charge in [-0.2, -0.15) is 5.10 Å². The molecule has 1 aromatic heterocycles. The maximum Gasteiger partial charge on any atom is 0.206 e. The summed E-state index contributed by atoms with van der Waals surface area (Å²) in [5, 5.41) is 10.9. The molecule has 1 aromatic carbocycles. The second kappa shape index (κ2) is 5.72. The van der Waals surface area contributed by atoms with E-state index in [-0.39, 0.29) is 5.96 Å². The van der Waals surface area contributed by atoms with Crippen LogP contribution < -0.4 is 15.9 Å². The first-order valence-corrected chi connectivity index (χ1v) is 5.65. The highest BCUT2D eigenvalue weighted by atomic mass is 16.5. The van der Waals surface area contributed by atoms with Crippen LogP contribution in [0, 0.1) is 5.41 Å². The summed E-state index contributed by atoms with van der Waals surface area (Å²) in [5.41, 5.74) is 9.36. The Hall–Kier alpha value is -2.76. The van der Waals surface area contributed by atoms with Gasteiger partial charge in [-0.3, -0.25) is 5.41 Å². The number of ether oxygens (including phenoxy) is 1. The van der Waals surface area contributed by atoms with Crippen molar-refractivity contribution in [1.29, 1.82) is 5.41 Å². The summed E-state index contributed by atoms with van der Waals surface area (Å²) in [7, 11) is 1.63. The molecule has 0 unspecified atom stereocenters. The molecule has 0 radical (unpaired) electrons. The molecule has 0 aliphatic heterocycles. The molecular weight excluding hydrogens is 242 g/mol. The van der Waals surface area contributed by atoms with Gasteiger partial charge in [-0.05, 0) is 24.3 Å². The van der Waals surface area contributed by atoms with Crippen molar-refractivity contribution in [2.75, 3.05) is 7.11 Å².